The molecule has 0 saturated heterocycles. The van der Waals surface area contributed by atoms with Crippen LogP contribution in [0.25, 0.3) is 0 Å². The van der Waals surface area contributed by atoms with Crippen molar-refractivity contribution < 1.29 is 31.5 Å². The van der Waals surface area contributed by atoms with Crippen molar-refractivity contribution in [2.45, 2.75) is 12.1 Å². The van der Waals surface area contributed by atoms with Gasteiger partial charge in [0.05, 0.1) is 16.9 Å². The van der Waals surface area contributed by atoms with Crippen LogP contribution in [0, 0.1) is 11.6 Å². The Bertz CT molecular complexity index is 936. The number of benzene rings is 1. The molecule has 0 radical (unpaired) electrons. The maximum Gasteiger partial charge on any atom is 0.397 e. The lowest BCUT2D eigenvalue weighted by molar-refractivity contribution is -0.155. The summed E-state index contributed by atoms with van der Waals surface area (Å²) in [6.45, 7) is -1.68. The highest BCUT2D eigenvalue weighted by molar-refractivity contribution is 9.10. The second kappa shape index (κ2) is 7.41. The minimum Gasteiger partial charge on any atom is -0.328 e. The Morgan fingerprint density at radius 3 is 2.50 bits per heavy atom. The quantitative estimate of drug-likeness (QED) is 0.707. The van der Waals surface area contributed by atoms with Gasteiger partial charge in [0, 0.05) is 17.7 Å². The normalized spacial score (nSPS) is 16.7. The molecule has 2 heterocycles. The molecule has 1 aliphatic rings. The first-order chi connectivity index (χ1) is 13.1. The molecule has 0 bridgehead atoms. The van der Waals surface area contributed by atoms with E-state index in [0.29, 0.717) is 4.90 Å². The molecular formula is C16H10BrF5N4O2. The van der Waals surface area contributed by atoms with E-state index in [2.05, 4.69) is 31.2 Å². The van der Waals surface area contributed by atoms with Crippen LogP contribution in [0.4, 0.5) is 27.9 Å². The van der Waals surface area contributed by atoms with Gasteiger partial charge in [0.1, 0.15) is 18.3 Å². The maximum absolute atomic E-state index is 14.3. The highest BCUT2D eigenvalue weighted by Gasteiger charge is 2.49. The van der Waals surface area contributed by atoms with Crippen LogP contribution in [0.1, 0.15) is 21.8 Å². The monoisotopic (exact) mass is 464 g/mol. The minimum atomic E-state index is -4.84. The first-order valence-electron chi connectivity index (χ1n) is 7.69. The van der Waals surface area contributed by atoms with Crippen LogP contribution >= 0.6 is 15.9 Å². The largest absolute Gasteiger partial charge is 0.397 e. The summed E-state index contributed by atoms with van der Waals surface area (Å²) in [5.74, 6) is -6.30. The van der Waals surface area contributed by atoms with Crippen LogP contribution in [0.2, 0.25) is 0 Å². The number of carbonyl (C=O) groups excluding carboxylic acids is 2. The molecule has 6 nitrogen and oxygen atoms in total. The zero-order valence-electron chi connectivity index (χ0n) is 13.7. The van der Waals surface area contributed by atoms with Gasteiger partial charge in [0.2, 0.25) is 11.9 Å². The minimum absolute atomic E-state index is 0.201. The molecule has 0 fully saturated rings. The van der Waals surface area contributed by atoms with Gasteiger partial charge in [-0.3, -0.25) is 14.9 Å². The molecule has 0 aliphatic carbocycles. The molecule has 12 heteroatoms. The summed E-state index contributed by atoms with van der Waals surface area (Å²) in [4.78, 5) is 32.2. The van der Waals surface area contributed by atoms with Crippen molar-refractivity contribution >= 4 is 33.7 Å². The Morgan fingerprint density at radius 1 is 1.25 bits per heavy atom. The molecule has 1 aromatic heterocycles. The molecule has 3 rings (SSSR count). The van der Waals surface area contributed by atoms with Crippen molar-refractivity contribution in [2.75, 3.05) is 18.4 Å². The van der Waals surface area contributed by atoms with Gasteiger partial charge in [-0.15, -0.1) is 0 Å². The van der Waals surface area contributed by atoms with Crippen molar-refractivity contribution in [3.05, 3.63) is 51.8 Å². The summed E-state index contributed by atoms with van der Waals surface area (Å²) in [6.07, 6.45) is -3.28. The predicted octanol–water partition coefficient (Wildman–Crippen LogP) is 3.26. The summed E-state index contributed by atoms with van der Waals surface area (Å²) < 4.78 is 67.3. The van der Waals surface area contributed by atoms with Gasteiger partial charge in [-0.2, -0.15) is 13.2 Å². The average molecular weight is 465 g/mol. The molecule has 0 saturated carbocycles. The number of halogens is 6. The van der Waals surface area contributed by atoms with Crippen LogP contribution in [-0.4, -0.2) is 45.9 Å². The topological polar surface area (TPSA) is 75.2 Å². The van der Waals surface area contributed by atoms with Crippen LogP contribution < -0.4 is 5.32 Å². The highest BCUT2D eigenvalue weighted by atomic mass is 79.9. The van der Waals surface area contributed by atoms with Gasteiger partial charge < -0.3 is 4.90 Å². The number of anilines is 1. The van der Waals surface area contributed by atoms with Crippen LogP contribution in [0.3, 0.4) is 0 Å². The van der Waals surface area contributed by atoms with Crippen molar-refractivity contribution in [2.24, 2.45) is 0 Å². The van der Waals surface area contributed by atoms with E-state index in [1.54, 1.807) is 0 Å². The van der Waals surface area contributed by atoms with Crippen molar-refractivity contribution in [3.8, 4) is 0 Å². The number of nitrogens with one attached hydrogen (secondary N) is 1. The summed E-state index contributed by atoms with van der Waals surface area (Å²) in [5, 5.41) is 2.15. The number of hydrogen-bond donors (Lipinski definition) is 1. The molecule has 0 spiro atoms. The second-order valence-corrected chi connectivity index (χ2v) is 6.73. The molecule has 148 valence electrons. The van der Waals surface area contributed by atoms with Gasteiger partial charge in [0.15, 0.2) is 5.82 Å². The predicted molar refractivity (Wildman–Crippen MR) is 89.4 cm³/mol. The lowest BCUT2D eigenvalue weighted by atomic mass is 9.88. The SMILES string of the molecule is O=C(CN1CC(C(F)(F)F)c2c(ccc(Br)c2F)C1=O)Nc1ncc(F)cn1. The zero-order valence-corrected chi connectivity index (χ0v) is 15.3. The van der Waals surface area contributed by atoms with Crippen molar-refractivity contribution in [1.82, 2.24) is 14.9 Å². The van der Waals surface area contributed by atoms with Gasteiger partial charge in [-0.1, -0.05) is 0 Å². The molecule has 2 aromatic rings. The Balaban J connectivity index is 1.86. The molecule has 1 atom stereocenters. The number of fused-ring (bicyclic) bond motifs is 1. The average Bonchev–Trinajstić information content (AvgIpc) is 2.61. The van der Waals surface area contributed by atoms with Crippen molar-refractivity contribution in [3.63, 3.8) is 0 Å². The highest BCUT2D eigenvalue weighted by Crippen LogP contribution is 2.42. The Kier molecular flexibility index (Phi) is 5.33. The van der Waals surface area contributed by atoms with Crippen molar-refractivity contribution in [1.29, 1.82) is 0 Å². The molecule has 28 heavy (non-hydrogen) atoms. The van der Waals surface area contributed by atoms with E-state index in [-0.39, 0.29) is 10.4 Å². The molecule has 1 aliphatic heterocycles. The van der Waals surface area contributed by atoms with Gasteiger partial charge >= 0.3 is 6.18 Å². The lowest BCUT2D eigenvalue weighted by Gasteiger charge is -2.35. The van der Waals surface area contributed by atoms with E-state index in [0.717, 1.165) is 24.5 Å². The second-order valence-electron chi connectivity index (χ2n) is 5.88. The summed E-state index contributed by atoms with van der Waals surface area (Å²) in [6, 6.07) is 2.19. The third-order valence-corrected chi connectivity index (χ3v) is 4.62. The zero-order chi connectivity index (χ0) is 20.6. The fourth-order valence-corrected chi connectivity index (χ4v) is 3.12. The number of alkyl halides is 3. The number of carbonyl (C=O) groups is 2. The van der Waals surface area contributed by atoms with Gasteiger partial charge in [-0.25, -0.2) is 18.7 Å². The number of rotatable bonds is 3. The molecule has 1 aromatic carbocycles. The third kappa shape index (κ3) is 3.96. The maximum atomic E-state index is 14.3. The van der Waals surface area contributed by atoms with E-state index in [1.807, 2.05) is 0 Å². The first-order valence-corrected chi connectivity index (χ1v) is 8.48. The molecule has 2 amide bonds. The number of aromatic nitrogens is 2. The Morgan fingerprint density at radius 2 is 1.89 bits per heavy atom. The van der Waals surface area contributed by atoms with Crippen LogP contribution in [0.5, 0.6) is 0 Å². The van der Waals surface area contributed by atoms with Gasteiger partial charge in [-0.05, 0) is 28.1 Å². The number of nitrogens with zero attached hydrogens (tertiary/aromatic N) is 3. The first kappa shape index (κ1) is 20.1. The third-order valence-electron chi connectivity index (χ3n) is 4.00. The summed E-state index contributed by atoms with van der Waals surface area (Å²) in [7, 11) is 0. The van der Waals surface area contributed by atoms with Crippen LogP contribution in [0.15, 0.2) is 29.0 Å². The lowest BCUT2D eigenvalue weighted by Crippen LogP contribution is -2.47. The number of amides is 2. The Labute approximate surface area is 162 Å². The summed E-state index contributed by atoms with van der Waals surface area (Å²) in [5.41, 5.74) is -1.23. The fourth-order valence-electron chi connectivity index (χ4n) is 2.78. The standard InChI is InChI=1S/C16H10BrF5N4O2/c17-10-2-1-8-12(13(10)19)9(16(20,21)22)5-26(14(8)28)6-11(27)25-15-23-3-7(18)4-24-15/h1-4,9H,5-6H2,(H,23,24,25,27). The van der Waals surface area contributed by atoms with E-state index in [4.69, 9.17) is 0 Å². The summed E-state index contributed by atoms with van der Waals surface area (Å²) >= 11 is 2.81. The van der Waals surface area contributed by atoms with E-state index in [9.17, 15) is 31.5 Å². The smallest absolute Gasteiger partial charge is 0.328 e. The van der Waals surface area contributed by atoms with E-state index in [1.165, 1.54) is 0 Å². The number of hydrogen-bond acceptors (Lipinski definition) is 4. The van der Waals surface area contributed by atoms with E-state index >= 15 is 0 Å². The van der Waals surface area contributed by atoms with Gasteiger partial charge in [0.25, 0.3) is 5.91 Å². The van der Waals surface area contributed by atoms with E-state index < -0.39 is 59.8 Å². The molecule has 1 unspecified atom stereocenters. The molecular weight excluding hydrogens is 455 g/mol. The van der Waals surface area contributed by atoms with Crippen LogP contribution in [-0.2, 0) is 4.79 Å². The molecule has 1 N–H and O–H groups in total. The fraction of sp³-hybridized carbons (Fsp3) is 0.250. The Hall–Kier alpha value is -2.63.